The molecular formula is C9H13FN2O2. The predicted molar refractivity (Wildman–Crippen MR) is 48.6 cm³/mol. The third kappa shape index (κ3) is 4.13. The van der Waals surface area contributed by atoms with Crippen LogP contribution in [-0.2, 0) is 4.74 Å². The molecule has 0 aliphatic heterocycles. The van der Waals surface area contributed by atoms with Crippen molar-refractivity contribution in [1.82, 2.24) is 9.97 Å². The third-order valence-corrected chi connectivity index (χ3v) is 1.39. The van der Waals surface area contributed by atoms with Gasteiger partial charge in [0.2, 0.25) is 11.8 Å². The first-order chi connectivity index (χ1) is 6.68. The Morgan fingerprint density at radius 3 is 2.79 bits per heavy atom. The molecular weight excluding hydrogens is 187 g/mol. The van der Waals surface area contributed by atoms with E-state index in [-0.39, 0.29) is 12.0 Å². The highest BCUT2D eigenvalue weighted by atomic mass is 19.1. The molecule has 1 aromatic heterocycles. The Morgan fingerprint density at radius 1 is 1.36 bits per heavy atom. The van der Waals surface area contributed by atoms with Crippen molar-refractivity contribution in [3.05, 3.63) is 18.3 Å². The van der Waals surface area contributed by atoms with Crippen LogP contribution in [0, 0.1) is 5.95 Å². The third-order valence-electron chi connectivity index (χ3n) is 1.39. The van der Waals surface area contributed by atoms with Gasteiger partial charge in [-0.1, -0.05) is 0 Å². The van der Waals surface area contributed by atoms with E-state index < -0.39 is 5.95 Å². The molecule has 0 aromatic carbocycles. The summed E-state index contributed by atoms with van der Waals surface area (Å²) in [5, 5.41) is 0. The monoisotopic (exact) mass is 200 g/mol. The summed E-state index contributed by atoms with van der Waals surface area (Å²) in [4.78, 5) is 7.03. The van der Waals surface area contributed by atoms with Gasteiger partial charge in [0.25, 0.3) is 0 Å². The van der Waals surface area contributed by atoms with Crippen molar-refractivity contribution in [2.24, 2.45) is 0 Å². The highest BCUT2D eigenvalue weighted by Crippen LogP contribution is 2.04. The van der Waals surface area contributed by atoms with Gasteiger partial charge in [0, 0.05) is 0 Å². The zero-order valence-electron chi connectivity index (χ0n) is 8.24. The van der Waals surface area contributed by atoms with E-state index in [1.54, 1.807) is 0 Å². The van der Waals surface area contributed by atoms with Crippen LogP contribution in [0.25, 0.3) is 0 Å². The molecule has 0 aliphatic rings. The molecule has 0 N–H and O–H groups in total. The number of aromatic nitrogens is 2. The lowest BCUT2D eigenvalue weighted by molar-refractivity contribution is 0.0541. The average molecular weight is 200 g/mol. The summed E-state index contributed by atoms with van der Waals surface area (Å²) in [6, 6.07) is 1.13. The highest BCUT2D eigenvalue weighted by molar-refractivity contribution is 5.05. The first-order valence-corrected chi connectivity index (χ1v) is 4.40. The van der Waals surface area contributed by atoms with E-state index in [2.05, 4.69) is 9.97 Å². The second-order valence-corrected chi connectivity index (χ2v) is 2.95. The Kier molecular flexibility index (Phi) is 4.25. The van der Waals surface area contributed by atoms with Crippen LogP contribution in [0.4, 0.5) is 4.39 Å². The van der Waals surface area contributed by atoms with E-state index >= 15 is 0 Å². The minimum absolute atomic E-state index is 0.167. The van der Waals surface area contributed by atoms with Crippen LogP contribution in [0.15, 0.2) is 12.4 Å². The Labute approximate surface area is 82.1 Å². The lowest BCUT2D eigenvalue weighted by Gasteiger charge is -2.08. The van der Waals surface area contributed by atoms with Crippen molar-refractivity contribution in [1.29, 1.82) is 0 Å². The minimum atomic E-state index is -0.597. The molecule has 0 aliphatic carbocycles. The maximum Gasteiger partial charge on any atom is 0.219 e. The van der Waals surface area contributed by atoms with E-state index in [4.69, 9.17) is 9.47 Å². The molecule has 0 spiro atoms. The molecule has 4 nitrogen and oxygen atoms in total. The fourth-order valence-electron chi connectivity index (χ4n) is 0.826. The quantitative estimate of drug-likeness (QED) is 0.532. The molecule has 1 rings (SSSR count). The van der Waals surface area contributed by atoms with Crippen LogP contribution in [-0.4, -0.2) is 29.3 Å². The molecule has 5 heteroatoms. The minimum Gasteiger partial charge on any atom is -0.475 e. The maximum absolute atomic E-state index is 12.5. The van der Waals surface area contributed by atoms with Crippen molar-refractivity contribution in [2.45, 2.75) is 20.0 Å². The number of halogens is 1. The zero-order valence-corrected chi connectivity index (χ0v) is 8.24. The van der Waals surface area contributed by atoms with Gasteiger partial charge in [-0.3, -0.25) is 0 Å². The molecule has 0 bridgehead atoms. The molecule has 0 saturated carbocycles. The summed E-state index contributed by atoms with van der Waals surface area (Å²) < 4.78 is 22.9. The van der Waals surface area contributed by atoms with Crippen LogP contribution in [0.2, 0.25) is 0 Å². The standard InChI is InChI=1S/C9H13FN2O2/c1-7(2)13-3-4-14-9-5-8(10)11-6-12-9/h5-7H,3-4H2,1-2H3. The van der Waals surface area contributed by atoms with Gasteiger partial charge in [0.15, 0.2) is 0 Å². The number of ether oxygens (including phenoxy) is 2. The van der Waals surface area contributed by atoms with Crippen molar-refractivity contribution < 1.29 is 13.9 Å². The smallest absolute Gasteiger partial charge is 0.219 e. The summed E-state index contributed by atoms with van der Waals surface area (Å²) in [6.07, 6.45) is 1.29. The van der Waals surface area contributed by atoms with Gasteiger partial charge in [-0.2, -0.15) is 4.39 Å². The van der Waals surface area contributed by atoms with Gasteiger partial charge in [-0.25, -0.2) is 9.97 Å². The second-order valence-electron chi connectivity index (χ2n) is 2.95. The second kappa shape index (κ2) is 5.49. The van der Waals surface area contributed by atoms with Gasteiger partial charge in [-0.05, 0) is 13.8 Å². The zero-order chi connectivity index (χ0) is 10.4. The van der Waals surface area contributed by atoms with E-state index in [1.807, 2.05) is 13.8 Å². The number of hydrogen-bond acceptors (Lipinski definition) is 4. The topological polar surface area (TPSA) is 44.2 Å². The summed E-state index contributed by atoms with van der Waals surface area (Å²) in [5.74, 6) is -0.371. The lowest BCUT2D eigenvalue weighted by Crippen LogP contribution is -2.11. The molecule has 0 amide bonds. The van der Waals surface area contributed by atoms with Crippen molar-refractivity contribution >= 4 is 0 Å². The van der Waals surface area contributed by atoms with E-state index in [0.717, 1.165) is 12.4 Å². The normalized spacial score (nSPS) is 10.6. The van der Waals surface area contributed by atoms with Gasteiger partial charge in [0.1, 0.15) is 12.9 Å². The molecule has 0 saturated heterocycles. The molecule has 14 heavy (non-hydrogen) atoms. The number of nitrogens with zero attached hydrogens (tertiary/aromatic N) is 2. The van der Waals surface area contributed by atoms with Crippen molar-refractivity contribution in [2.75, 3.05) is 13.2 Å². The molecule has 78 valence electrons. The van der Waals surface area contributed by atoms with Crippen LogP contribution in [0.5, 0.6) is 5.88 Å². The van der Waals surface area contributed by atoms with Gasteiger partial charge < -0.3 is 9.47 Å². The maximum atomic E-state index is 12.5. The number of rotatable bonds is 5. The molecule has 1 aromatic rings. The largest absolute Gasteiger partial charge is 0.475 e. The van der Waals surface area contributed by atoms with E-state index in [0.29, 0.717) is 13.2 Å². The fraction of sp³-hybridized carbons (Fsp3) is 0.556. The van der Waals surface area contributed by atoms with Crippen LogP contribution < -0.4 is 4.74 Å². The van der Waals surface area contributed by atoms with Crippen LogP contribution in [0.1, 0.15) is 13.8 Å². The molecule has 0 radical (unpaired) electrons. The number of hydrogen-bond donors (Lipinski definition) is 0. The Bertz CT molecular complexity index is 281. The molecule has 1 heterocycles. The summed E-state index contributed by atoms with van der Waals surface area (Å²) in [5.41, 5.74) is 0. The fourth-order valence-corrected chi connectivity index (χ4v) is 0.826. The van der Waals surface area contributed by atoms with Gasteiger partial charge in [-0.15, -0.1) is 0 Å². The predicted octanol–water partition coefficient (Wildman–Crippen LogP) is 1.42. The van der Waals surface area contributed by atoms with Crippen molar-refractivity contribution in [3.8, 4) is 5.88 Å². The highest BCUT2D eigenvalue weighted by Gasteiger charge is 1.98. The Hall–Kier alpha value is -1.23. The molecule has 0 fully saturated rings. The Balaban J connectivity index is 2.25. The van der Waals surface area contributed by atoms with Gasteiger partial charge >= 0.3 is 0 Å². The van der Waals surface area contributed by atoms with Crippen LogP contribution in [0.3, 0.4) is 0 Å². The first-order valence-electron chi connectivity index (χ1n) is 4.40. The van der Waals surface area contributed by atoms with E-state index in [9.17, 15) is 4.39 Å². The first kappa shape index (κ1) is 10.8. The lowest BCUT2D eigenvalue weighted by atomic mass is 10.5. The SMILES string of the molecule is CC(C)OCCOc1cc(F)ncn1. The van der Waals surface area contributed by atoms with Crippen LogP contribution >= 0.6 is 0 Å². The summed E-state index contributed by atoms with van der Waals surface area (Å²) in [7, 11) is 0. The van der Waals surface area contributed by atoms with Gasteiger partial charge in [0.05, 0.1) is 18.8 Å². The molecule has 0 unspecified atom stereocenters. The summed E-state index contributed by atoms with van der Waals surface area (Å²) in [6.45, 7) is 4.69. The summed E-state index contributed by atoms with van der Waals surface area (Å²) >= 11 is 0. The molecule has 0 atom stereocenters. The Morgan fingerprint density at radius 2 is 2.14 bits per heavy atom. The van der Waals surface area contributed by atoms with Crippen molar-refractivity contribution in [3.63, 3.8) is 0 Å². The van der Waals surface area contributed by atoms with E-state index in [1.165, 1.54) is 0 Å². The average Bonchev–Trinajstić information content (AvgIpc) is 2.12.